The van der Waals surface area contributed by atoms with Crippen LogP contribution in [0.1, 0.15) is 17.5 Å². The molecule has 1 fully saturated rings. The van der Waals surface area contributed by atoms with E-state index in [0.29, 0.717) is 16.8 Å². The maximum Gasteiger partial charge on any atom is 0.255 e. The molecule has 3 aliphatic rings. The van der Waals surface area contributed by atoms with Crippen LogP contribution < -0.4 is 16.4 Å². The number of aromatic nitrogens is 1. The molecule has 0 saturated heterocycles. The van der Waals surface area contributed by atoms with Gasteiger partial charge in [0.2, 0.25) is 5.78 Å². The number of rotatable bonds is 5. The lowest BCUT2D eigenvalue weighted by atomic mass is 9.57. The fourth-order valence-corrected chi connectivity index (χ4v) is 5.75. The van der Waals surface area contributed by atoms with E-state index in [4.69, 9.17) is 10.2 Å². The van der Waals surface area contributed by atoms with Crippen molar-refractivity contribution in [3.63, 3.8) is 0 Å². The van der Waals surface area contributed by atoms with Crippen molar-refractivity contribution in [1.82, 2.24) is 10.3 Å². The van der Waals surface area contributed by atoms with Crippen molar-refractivity contribution in [2.45, 2.75) is 24.5 Å². The van der Waals surface area contributed by atoms with E-state index < -0.39 is 58.0 Å². The first-order chi connectivity index (χ1) is 16.7. The van der Waals surface area contributed by atoms with Crippen molar-refractivity contribution >= 4 is 40.0 Å². The molecule has 0 bridgehead atoms. The number of nitrogens with one attached hydrogen (secondary N) is 2. The molecule has 12 nitrogen and oxygen atoms in total. The molecular formula is C23H24N4O8. The van der Waals surface area contributed by atoms with Gasteiger partial charge in [0, 0.05) is 30.8 Å². The zero-order valence-electron chi connectivity index (χ0n) is 18.7. The van der Waals surface area contributed by atoms with E-state index in [1.54, 1.807) is 13.1 Å². The second-order valence-electron chi connectivity index (χ2n) is 8.94. The first-order valence-electron chi connectivity index (χ1n) is 11.1. The minimum Gasteiger partial charge on any atom is -0.508 e. The summed E-state index contributed by atoms with van der Waals surface area (Å²) in [4.78, 5) is 43.0. The summed E-state index contributed by atoms with van der Waals surface area (Å²) in [7, 11) is 1.70. The number of hydrogen-bond acceptors (Lipinski definition) is 11. The first kappa shape index (κ1) is 23.0. The molecule has 8 N–H and O–H groups in total. The molecule has 0 spiro atoms. The summed E-state index contributed by atoms with van der Waals surface area (Å²) in [6.07, 6.45) is 1.47. The van der Waals surface area contributed by atoms with Crippen molar-refractivity contribution in [3.05, 3.63) is 40.5 Å². The van der Waals surface area contributed by atoms with Crippen LogP contribution in [0.25, 0.3) is 16.9 Å². The smallest absolute Gasteiger partial charge is 0.255 e. The SMILES string of the molecule is CNc1cc2ncoc2c2c1C[C@H]1C[C@H]3[C@@H](NCCO)C(=O)C(C(N)=O)=C(O)[C@@]3(O)C(=O)C1=C2O. The Bertz CT molecular complexity index is 1360. The lowest BCUT2D eigenvalue weighted by Crippen LogP contribution is -2.66. The number of hydrogen-bond donors (Lipinski definition) is 7. The summed E-state index contributed by atoms with van der Waals surface area (Å²) in [5.41, 5.74) is 3.84. The van der Waals surface area contributed by atoms with Crippen LogP contribution in [0.3, 0.4) is 0 Å². The number of benzene rings is 1. The highest BCUT2D eigenvalue weighted by Gasteiger charge is 2.63. The third-order valence-electron chi connectivity index (χ3n) is 7.27. The lowest BCUT2D eigenvalue weighted by molar-refractivity contribution is -0.150. The number of anilines is 1. The molecule has 3 aliphatic carbocycles. The zero-order valence-corrected chi connectivity index (χ0v) is 18.7. The summed E-state index contributed by atoms with van der Waals surface area (Å²) in [6.45, 7) is -0.426. The molecule has 0 aliphatic heterocycles. The average molecular weight is 484 g/mol. The van der Waals surface area contributed by atoms with E-state index in [0.717, 1.165) is 0 Å². The number of Topliss-reactive ketones (excluding diaryl/α,β-unsaturated/α-hetero) is 2. The van der Waals surface area contributed by atoms with Gasteiger partial charge in [-0.1, -0.05) is 0 Å². The van der Waals surface area contributed by atoms with Crippen LogP contribution in [0.2, 0.25) is 0 Å². The van der Waals surface area contributed by atoms with E-state index >= 15 is 0 Å². The largest absolute Gasteiger partial charge is 0.508 e. The van der Waals surface area contributed by atoms with Gasteiger partial charge in [-0.3, -0.25) is 14.4 Å². The van der Waals surface area contributed by atoms with Crippen molar-refractivity contribution in [1.29, 1.82) is 0 Å². The predicted molar refractivity (Wildman–Crippen MR) is 121 cm³/mol. The molecule has 35 heavy (non-hydrogen) atoms. The predicted octanol–water partition coefficient (Wildman–Crippen LogP) is -0.538. The van der Waals surface area contributed by atoms with Gasteiger partial charge in [0.15, 0.2) is 23.4 Å². The Hall–Kier alpha value is -3.74. The highest BCUT2D eigenvalue weighted by Crippen LogP contribution is 2.52. The van der Waals surface area contributed by atoms with Crippen molar-refractivity contribution < 1.29 is 39.2 Å². The van der Waals surface area contributed by atoms with Gasteiger partial charge < -0.3 is 41.2 Å². The normalized spacial score (nSPS) is 28.1. The van der Waals surface area contributed by atoms with Gasteiger partial charge in [0.1, 0.15) is 22.6 Å². The number of carbonyl (C=O) groups is 3. The molecule has 12 heteroatoms. The molecule has 1 amide bonds. The van der Waals surface area contributed by atoms with E-state index in [9.17, 15) is 34.8 Å². The van der Waals surface area contributed by atoms with Gasteiger partial charge in [0.25, 0.3) is 5.91 Å². The standard InChI is InChI=1S/C23H24N4O8/c1-25-11-6-12-19(35-7-27-12)14-9(11)4-8-5-10-16(26-2-3-28)18(30)15(22(24)33)21(32)23(10,34)20(31)13(8)17(14)29/h6-8,10,16,25-26,28-29,32,34H,2-5H2,1H3,(H2,24,33)/t8-,10-,16+,23-/m0/s1. The van der Waals surface area contributed by atoms with Crippen LogP contribution >= 0.6 is 0 Å². The van der Waals surface area contributed by atoms with Crippen LogP contribution in [-0.2, 0) is 20.8 Å². The second-order valence-corrected chi connectivity index (χ2v) is 8.94. The summed E-state index contributed by atoms with van der Waals surface area (Å²) in [5.74, 6) is -6.60. The van der Waals surface area contributed by atoms with Gasteiger partial charge in [-0.2, -0.15) is 0 Å². The molecular weight excluding hydrogens is 460 g/mol. The number of amides is 1. The number of nitrogens with zero attached hydrogens (tertiary/aromatic N) is 1. The minimum atomic E-state index is -2.69. The molecule has 1 heterocycles. The maximum atomic E-state index is 13.8. The third kappa shape index (κ3) is 2.97. The molecule has 184 valence electrons. The molecule has 1 aromatic carbocycles. The number of aliphatic hydroxyl groups excluding tert-OH is 3. The highest BCUT2D eigenvalue weighted by atomic mass is 16.4. The number of ketones is 2. The quantitative estimate of drug-likeness (QED) is 0.268. The molecule has 0 unspecified atom stereocenters. The van der Waals surface area contributed by atoms with Gasteiger partial charge in [0.05, 0.1) is 18.2 Å². The fourth-order valence-electron chi connectivity index (χ4n) is 5.75. The van der Waals surface area contributed by atoms with E-state index in [1.807, 2.05) is 0 Å². The van der Waals surface area contributed by atoms with Gasteiger partial charge in [-0.25, -0.2) is 4.98 Å². The van der Waals surface area contributed by atoms with Crippen LogP contribution in [0.4, 0.5) is 5.69 Å². The Morgan fingerprint density at radius 1 is 1.34 bits per heavy atom. The number of fused-ring (bicyclic) bond motifs is 5. The summed E-state index contributed by atoms with van der Waals surface area (Å²) < 4.78 is 5.47. The lowest BCUT2D eigenvalue weighted by Gasteiger charge is -2.49. The summed E-state index contributed by atoms with van der Waals surface area (Å²) in [6, 6.07) is 0.473. The topological polar surface area (TPSA) is 208 Å². The summed E-state index contributed by atoms with van der Waals surface area (Å²) >= 11 is 0. The zero-order chi connectivity index (χ0) is 25.2. The Labute approximate surface area is 198 Å². The monoisotopic (exact) mass is 484 g/mol. The van der Waals surface area contributed by atoms with Crippen molar-refractivity contribution in [2.75, 3.05) is 25.5 Å². The number of oxazole rings is 1. The van der Waals surface area contributed by atoms with E-state index in [2.05, 4.69) is 15.6 Å². The van der Waals surface area contributed by atoms with Gasteiger partial charge in [-0.05, 0) is 30.4 Å². The van der Waals surface area contributed by atoms with E-state index in [1.165, 1.54) is 6.39 Å². The van der Waals surface area contributed by atoms with Crippen LogP contribution in [0.15, 0.2) is 33.8 Å². The first-order valence-corrected chi connectivity index (χ1v) is 11.1. The number of nitrogens with two attached hydrogens (primary N) is 1. The van der Waals surface area contributed by atoms with Crippen LogP contribution in [0.5, 0.6) is 0 Å². The average Bonchev–Trinajstić information content (AvgIpc) is 3.28. The van der Waals surface area contributed by atoms with Crippen LogP contribution in [-0.4, -0.2) is 74.7 Å². The third-order valence-corrected chi connectivity index (χ3v) is 7.27. The summed E-state index contributed by atoms with van der Waals surface area (Å²) in [5, 5.41) is 48.8. The van der Waals surface area contributed by atoms with Crippen molar-refractivity contribution in [2.24, 2.45) is 17.6 Å². The maximum absolute atomic E-state index is 13.8. The van der Waals surface area contributed by atoms with Crippen LogP contribution in [0, 0.1) is 11.8 Å². The van der Waals surface area contributed by atoms with E-state index in [-0.39, 0.29) is 42.7 Å². The number of aliphatic hydroxyl groups is 4. The second kappa shape index (κ2) is 7.90. The van der Waals surface area contributed by atoms with Gasteiger partial charge in [-0.15, -0.1) is 0 Å². The fraction of sp³-hybridized carbons (Fsp3) is 0.391. The van der Waals surface area contributed by atoms with Crippen molar-refractivity contribution in [3.8, 4) is 0 Å². The Kier molecular flexibility index (Phi) is 5.20. The number of carbonyl (C=O) groups excluding carboxylic acids is 3. The Morgan fingerprint density at radius 3 is 2.74 bits per heavy atom. The van der Waals surface area contributed by atoms with Gasteiger partial charge >= 0.3 is 0 Å². The Balaban J connectivity index is 1.74. The molecule has 5 rings (SSSR count). The molecule has 4 atom stereocenters. The molecule has 1 saturated carbocycles. The molecule has 1 aromatic heterocycles. The highest BCUT2D eigenvalue weighted by molar-refractivity contribution is 6.24. The minimum absolute atomic E-state index is 0.00358. The Morgan fingerprint density at radius 2 is 2.09 bits per heavy atom. The number of primary amides is 1. The molecule has 0 radical (unpaired) electrons. The molecule has 2 aromatic rings.